The van der Waals surface area contributed by atoms with Gasteiger partial charge in [0.25, 0.3) is 0 Å². The highest BCUT2D eigenvalue weighted by Gasteiger charge is 2.62. The van der Waals surface area contributed by atoms with Crippen LogP contribution in [0.4, 0.5) is 5.00 Å². The Bertz CT molecular complexity index is 1450. The molecule has 10 heteroatoms. The Balaban J connectivity index is 1.45. The van der Waals surface area contributed by atoms with Gasteiger partial charge >= 0.3 is 5.97 Å². The van der Waals surface area contributed by atoms with Crippen molar-refractivity contribution in [1.82, 2.24) is 4.98 Å². The van der Waals surface area contributed by atoms with Crippen molar-refractivity contribution < 1.29 is 33.0 Å². The summed E-state index contributed by atoms with van der Waals surface area (Å²) in [5.74, 6) is -0.534. The Morgan fingerprint density at radius 2 is 1.95 bits per heavy atom. The number of hydrogen-bond acceptors (Lipinski definition) is 9. The van der Waals surface area contributed by atoms with E-state index in [0.29, 0.717) is 41.0 Å². The van der Waals surface area contributed by atoms with Crippen LogP contribution in [0, 0.1) is 17.8 Å². The van der Waals surface area contributed by atoms with Gasteiger partial charge < -0.3 is 18.6 Å². The summed E-state index contributed by atoms with van der Waals surface area (Å²) in [6.07, 6.45) is 4.92. The average molecular weight is 579 g/mol. The molecule has 2 aliphatic heterocycles. The lowest BCUT2D eigenvalue weighted by Gasteiger charge is -2.40. The van der Waals surface area contributed by atoms with Gasteiger partial charge in [0.2, 0.25) is 11.8 Å². The standard InChI is InChI=1S/C31H34N2O7S/c1-19-23-25(34)31(12-11-30(2,18-31)29(36)37-3)28(35)33(27(23)41-24(19)26-32-13-16-39-26)17-22(20-7-5-4-6-8-20)40-21-9-14-38-15-10-21/h4-8,13,16,21-22H,9-12,14-15,17-18H2,1-3H3. The summed E-state index contributed by atoms with van der Waals surface area (Å²) in [5.41, 5.74) is -0.130. The molecule has 2 fully saturated rings. The van der Waals surface area contributed by atoms with E-state index < -0.39 is 22.9 Å². The molecule has 0 bridgehead atoms. The van der Waals surface area contributed by atoms with Crippen molar-refractivity contribution in [3.8, 4) is 10.8 Å². The molecule has 3 atom stereocenters. The summed E-state index contributed by atoms with van der Waals surface area (Å²) in [6, 6.07) is 9.87. The first-order chi connectivity index (χ1) is 19.8. The summed E-state index contributed by atoms with van der Waals surface area (Å²) in [6.45, 7) is 5.14. The SMILES string of the molecule is COC(=O)C1(C)CCC2(C1)C(=O)c1c(sc(-c3ncco3)c1C)N(CC(OC1CCOCC1)c1ccccc1)C2=O. The van der Waals surface area contributed by atoms with E-state index in [0.717, 1.165) is 24.0 Å². The summed E-state index contributed by atoms with van der Waals surface area (Å²) in [4.78, 5) is 48.6. The summed E-state index contributed by atoms with van der Waals surface area (Å²) >= 11 is 1.33. The molecule has 41 heavy (non-hydrogen) atoms. The number of thiophene rings is 1. The van der Waals surface area contributed by atoms with Crippen LogP contribution < -0.4 is 4.90 Å². The van der Waals surface area contributed by atoms with Gasteiger partial charge in [0.1, 0.15) is 22.8 Å². The van der Waals surface area contributed by atoms with Gasteiger partial charge in [-0.3, -0.25) is 19.3 Å². The van der Waals surface area contributed by atoms with Gasteiger partial charge in [-0.05, 0) is 57.1 Å². The van der Waals surface area contributed by atoms with Crippen LogP contribution in [-0.4, -0.2) is 55.6 Å². The Hall–Kier alpha value is -3.34. The zero-order valence-corrected chi connectivity index (χ0v) is 24.3. The van der Waals surface area contributed by atoms with Crippen LogP contribution in [0.2, 0.25) is 0 Å². The maximum absolute atomic E-state index is 14.6. The molecule has 3 aliphatic rings. The number of oxazole rings is 1. The highest BCUT2D eigenvalue weighted by atomic mass is 32.1. The van der Waals surface area contributed by atoms with Gasteiger partial charge in [0.15, 0.2) is 5.78 Å². The van der Waals surface area contributed by atoms with Crippen molar-refractivity contribution in [2.24, 2.45) is 10.8 Å². The maximum Gasteiger partial charge on any atom is 0.311 e. The quantitative estimate of drug-likeness (QED) is 0.266. The predicted octanol–water partition coefficient (Wildman–Crippen LogP) is 5.53. The van der Waals surface area contributed by atoms with Gasteiger partial charge in [-0.15, -0.1) is 11.3 Å². The molecule has 9 nitrogen and oxygen atoms in total. The molecule has 0 radical (unpaired) electrons. The molecular formula is C31H34N2O7S. The number of methoxy groups -OCH3 is 1. The fraction of sp³-hybridized carbons (Fsp3) is 0.484. The van der Waals surface area contributed by atoms with Crippen molar-refractivity contribution in [3.05, 3.63) is 59.5 Å². The van der Waals surface area contributed by atoms with Crippen molar-refractivity contribution in [2.75, 3.05) is 31.8 Å². The molecule has 4 heterocycles. The fourth-order valence-electron chi connectivity index (χ4n) is 6.58. The molecule has 0 N–H and O–H groups in total. The Labute approximate surface area is 242 Å². The van der Waals surface area contributed by atoms with Crippen LogP contribution in [0.25, 0.3) is 10.8 Å². The number of carbonyl (C=O) groups is 3. The van der Waals surface area contributed by atoms with E-state index in [2.05, 4.69) is 4.98 Å². The van der Waals surface area contributed by atoms with Gasteiger partial charge in [0, 0.05) is 13.2 Å². The molecule has 1 aromatic carbocycles. The minimum absolute atomic E-state index is 0.00837. The van der Waals surface area contributed by atoms with E-state index in [1.807, 2.05) is 37.3 Å². The van der Waals surface area contributed by atoms with Gasteiger partial charge in [-0.2, -0.15) is 0 Å². The number of nitrogens with zero attached hydrogens (tertiary/aromatic N) is 2. The number of ether oxygens (including phenoxy) is 3. The van der Waals surface area contributed by atoms with E-state index in [1.165, 1.54) is 24.7 Å². The number of fused-ring (bicyclic) bond motifs is 1. The first-order valence-electron chi connectivity index (χ1n) is 14.0. The minimum atomic E-state index is -1.37. The van der Waals surface area contributed by atoms with E-state index in [-0.39, 0.29) is 37.2 Å². The number of benzene rings is 1. The van der Waals surface area contributed by atoms with Crippen molar-refractivity contribution in [3.63, 3.8) is 0 Å². The molecule has 216 valence electrons. The number of hydrogen-bond donors (Lipinski definition) is 0. The van der Waals surface area contributed by atoms with Crippen LogP contribution in [0.1, 0.15) is 66.6 Å². The second kappa shape index (κ2) is 10.8. The van der Waals surface area contributed by atoms with Gasteiger partial charge in [-0.25, -0.2) is 4.98 Å². The van der Waals surface area contributed by atoms with Crippen LogP contribution in [0.3, 0.4) is 0 Å². The van der Waals surface area contributed by atoms with Crippen molar-refractivity contribution in [1.29, 1.82) is 0 Å². The van der Waals surface area contributed by atoms with Gasteiger partial charge in [-0.1, -0.05) is 30.3 Å². The summed E-state index contributed by atoms with van der Waals surface area (Å²) in [7, 11) is 1.34. The lowest BCUT2D eigenvalue weighted by Crippen LogP contribution is -2.53. The number of Topliss-reactive ketones (excluding diaryl/α,β-unsaturated/α-hetero) is 1. The third-order valence-electron chi connectivity index (χ3n) is 8.83. The second-order valence-electron chi connectivity index (χ2n) is 11.5. The number of amides is 1. The highest BCUT2D eigenvalue weighted by Crippen LogP contribution is 2.58. The van der Waals surface area contributed by atoms with Crippen LogP contribution >= 0.6 is 11.3 Å². The highest BCUT2D eigenvalue weighted by molar-refractivity contribution is 7.20. The zero-order valence-electron chi connectivity index (χ0n) is 23.5. The minimum Gasteiger partial charge on any atom is -0.469 e. The first kappa shape index (κ1) is 27.8. The summed E-state index contributed by atoms with van der Waals surface area (Å²) < 4.78 is 22.9. The molecule has 6 rings (SSSR count). The molecule has 1 saturated heterocycles. The van der Waals surface area contributed by atoms with Crippen LogP contribution in [-0.2, 0) is 23.8 Å². The number of aromatic nitrogens is 1. The van der Waals surface area contributed by atoms with E-state index in [4.69, 9.17) is 18.6 Å². The Morgan fingerprint density at radius 1 is 1.20 bits per heavy atom. The molecule has 1 spiro atoms. The number of ketones is 1. The fourth-order valence-corrected chi connectivity index (χ4v) is 7.83. The number of rotatable bonds is 7. The topological polar surface area (TPSA) is 108 Å². The van der Waals surface area contributed by atoms with Crippen LogP contribution in [0.15, 0.2) is 47.2 Å². The number of esters is 1. The Morgan fingerprint density at radius 3 is 2.63 bits per heavy atom. The molecule has 2 aromatic heterocycles. The third-order valence-corrected chi connectivity index (χ3v) is 10.1. The molecule has 3 unspecified atom stereocenters. The lowest BCUT2D eigenvalue weighted by atomic mass is 9.72. The van der Waals surface area contributed by atoms with E-state index >= 15 is 0 Å². The molecular weight excluding hydrogens is 544 g/mol. The molecule has 1 saturated carbocycles. The smallest absolute Gasteiger partial charge is 0.311 e. The monoisotopic (exact) mass is 578 g/mol. The van der Waals surface area contributed by atoms with Crippen molar-refractivity contribution in [2.45, 2.75) is 58.2 Å². The zero-order chi connectivity index (χ0) is 28.8. The second-order valence-corrected chi connectivity index (χ2v) is 12.5. The molecule has 1 amide bonds. The number of anilines is 1. The average Bonchev–Trinajstić information content (AvgIpc) is 3.73. The van der Waals surface area contributed by atoms with Crippen molar-refractivity contribution >= 4 is 34.0 Å². The van der Waals surface area contributed by atoms with Crippen LogP contribution in [0.5, 0.6) is 0 Å². The van der Waals surface area contributed by atoms with Gasteiger partial charge in [0.05, 0.1) is 41.8 Å². The predicted molar refractivity (Wildman–Crippen MR) is 152 cm³/mol. The largest absolute Gasteiger partial charge is 0.469 e. The first-order valence-corrected chi connectivity index (χ1v) is 14.9. The van der Waals surface area contributed by atoms with E-state index in [1.54, 1.807) is 18.0 Å². The summed E-state index contributed by atoms with van der Waals surface area (Å²) in [5, 5.41) is 0.569. The molecule has 1 aliphatic carbocycles. The lowest BCUT2D eigenvalue weighted by molar-refractivity contribution is -0.151. The Kier molecular flexibility index (Phi) is 7.33. The molecule has 3 aromatic rings. The third kappa shape index (κ3) is 4.71. The normalized spacial score (nSPS) is 25.5. The number of carbonyl (C=O) groups excluding carboxylic acids is 3. The maximum atomic E-state index is 14.6. The van der Waals surface area contributed by atoms with E-state index in [9.17, 15) is 14.4 Å².